The van der Waals surface area contributed by atoms with Crippen molar-refractivity contribution in [1.82, 2.24) is 14.9 Å². The second-order valence-corrected chi connectivity index (χ2v) is 8.66. The van der Waals surface area contributed by atoms with Gasteiger partial charge in [0.2, 0.25) is 0 Å². The highest BCUT2D eigenvalue weighted by molar-refractivity contribution is 5.93. The first-order valence-corrected chi connectivity index (χ1v) is 11.5. The molecule has 0 aliphatic carbocycles. The number of hydrogen-bond acceptors (Lipinski definition) is 4. The molecule has 37 heavy (non-hydrogen) atoms. The summed E-state index contributed by atoms with van der Waals surface area (Å²) in [5.41, 5.74) is 8.49. The minimum Gasteiger partial charge on any atom is -0.344 e. The Kier molecular flexibility index (Phi) is 7.26. The average Bonchev–Trinajstić information content (AvgIpc) is 2.89. The summed E-state index contributed by atoms with van der Waals surface area (Å²) in [5, 5.41) is 2.89. The smallest absolute Gasteiger partial charge is 0.344 e. The number of amides is 1. The first-order valence-electron chi connectivity index (χ1n) is 11.5. The molecule has 2 aromatic heterocycles. The van der Waals surface area contributed by atoms with E-state index in [1.165, 1.54) is 16.7 Å². The molecule has 9 heteroatoms. The molecule has 1 amide bonds. The number of alkyl halides is 3. The highest BCUT2D eigenvalue weighted by atomic mass is 19.4. The summed E-state index contributed by atoms with van der Waals surface area (Å²) in [6.07, 6.45) is -2.82. The maximum Gasteiger partial charge on any atom is 0.416 e. The molecule has 0 unspecified atom stereocenters. The number of aryl methyl sites for hydroxylation is 1. The third-order valence-electron chi connectivity index (χ3n) is 6.11. The highest BCUT2D eigenvalue weighted by Gasteiger charge is 2.31. The maximum absolute atomic E-state index is 13.2. The number of rotatable bonds is 6. The van der Waals surface area contributed by atoms with Gasteiger partial charge in [-0.2, -0.15) is 13.2 Å². The molecule has 0 saturated carbocycles. The molecule has 0 aliphatic rings. The minimum absolute atomic E-state index is 0.102. The van der Waals surface area contributed by atoms with E-state index in [1.807, 2.05) is 0 Å². The molecule has 3 N–H and O–H groups in total. The van der Waals surface area contributed by atoms with Gasteiger partial charge in [0, 0.05) is 31.4 Å². The molecule has 0 fully saturated rings. The number of benzene rings is 2. The molecule has 190 valence electrons. The van der Waals surface area contributed by atoms with Gasteiger partial charge >= 0.3 is 6.18 Å². The van der Waals surface area contributed by atoms with E-state index < -0.39 is 23.7 Å². The summed E-state index contributed by atoms with van der Waals surface area (Å²) in [4.78, 5) is 29.2. The van der Waals surface area contributed by atoms with Crippen LogP contribution in [0.3, 0.4) is 0 Å². The molecule has 0 bridgehead atoms. The Morgan fingerprint density at radius 2 is 1.76 bits per heavy atom. The Hall–Kier alpha value is -4.24. The van der Waals surface area contributed by atoms with Crippen LogP contribution in [0.5, 0.6) is 0 Å². The number of pyridine rings is 2. The van der Waals surface area contributed by atoms with Crippen LogP contribution in [0.1, 0.15) is 40.1 Å². The lowest BCUT2D eigenvalue weighted by molar-refractivity contribution is -0.137. The Bertz CT molecular complexity index is 1490. The first kappa shape index (κ1) is 25.8. The number of carbonyl (C=O) groups is 1. The van der Waals surface area contributed by atoms with E-state index in [4.69, 9.17) is 5.73 Å². The standard InChI is InChI=1S/C28H25F3N4O2/c1-17(33-27(37)25-5-3-4-24(34-25)20-12-13-35(2)26(36)14-20)18-6-8-19(9-7-18)23-15-22(28(29,30)31)11-10-21(23)16-32/h3-15,17H,16,32H2,1-2H3,(H,33,37)/t17-/m1/s1. The Morgan fingerprint density at radius 3 is 2.41 bits per heavy atom. The van der Waals surface area contributed by atoms with E-state index >= 15 is 0 Å². The molecule has 0 saturated heterocycles. The van der Waals surface area contributed by atoms with Crippen molar-refractivity contribution in [2.75, 3.05) is 0 Å². The van der Waals surface area contributed by atoms with Crippen molar-refractivity contribution in [2.24, 2.45) is 12.8 Å². The Balaban J connectivity index is 1.52. The van der Waals surface area contributed by atoms with E-state index in [0.717, 1.165) is 17.7 Å². The van der Waals surface area contributed by atoms with E-state index in [-0.39, 0.29) is 17.8 Å². The van der Waals surface area contributed by atoms with Gasteiger partial charge in [-0.3, -0.25) is 9.59 Å². The highest BCUT2D eigenvalue weighted by Crippen LogP contribution is 2.34. The van der Waals surface area contributed by atoms with Gasteiger partial charge < -0.3 is 15.6 Å². The summed E-state index contributed by atoms with van der Waals surface area (Å²) in [5.74, 6) is -0.398. The number of nitrogens with one attached hydrogen (secondary N) is 1. The van der Waals surface area contributed by atoms with E-state index in [2.05, 4.69) is 10.3 Å². The fraction of sp³-hybridized carbons (Fsp3) is 0.179. The van der Waals surface area contributed by atoms with E-state index in [9.17, 15) is 22.8 Å². The SMILES string of the molecule is C[C@@H](NC(=O)c1cccc(-c2ccn(C)c(=O)c2)n1)c1ccc(-c2cc(C(F)(F)F)ccc2CN)cc1. The summed E-state index contributed by atoms with van der Waals surface area (Å²) in [7, 11) is 1.65. The second-order valence-electron chi connectivity index (χ2n) is 8.66. The number of nitrogens with zero attached hydrogens (tertiary/aromatic N) is 2. The fourth-order valence-electron chi connectivity index (χ4n) is 3.93. The van der Waals surface area contributed by atoms with Crippen LogP contribution < -0.4 is 16.6 Å². The molecule has 2 heterocycles. The van der Waals surface area contributed by atoms with Crippen LogP contribution in [0.25, 0.3) is 22.4 Å². The van der Waals surface area contributed by atoms with Gasteiger partial charge in [-0.25, -0.2) is 4.98 Å². The quantitative estimate of drug-likeness (QED) is 0.382. The summed E-state index contributed by atoms with van der Waals surface area (Å²) in [6, 6.07) is 18.2. The van der Waals surface area contributed by atoms with Crippen molar-refractivity contribution in [3.05, 3.63) is 112 Å². The number of aromatic nitrogens is 2. The zero-order valence-corrected chi connectivity index (χ0v) is 20.2. The van der Waals surface area contributed by atoms with E-state index in [1.54, 1.807) is 68.7 Å². The van der Waals surface area contributed by atoms with Gasteiger partial charge in [0.05, 0.1) is 17.3 Å². The lowest BCUT2D eigenvalue weighted by atomic mass is 9.95. The second kappa shape index (κ2) is 10.4. The predicted octanol–water partition coefficient (Wildman–Crippen LogP) is 5.08. The molecule has 2 aromatic carbocycles. The van der Waals surface area contributed by atoms with Crippen molar-refractivity contribution < 1.29 is 18.0 Å². The van der Waals surface area contributed by atoms with Crippen LogP contribution >= 0.6 is 0 Å². The number of hydrogen-bond donors (Lipinski definition) is 2. The summed E-state index contributed by atoms with van der Waals surface area (Å²) < 4.78 is 41.1. The summed E-state index contributed by atoms with van der Waals surface area (Å²) >= 11 is 0. The average molecular weight is 507 g/mol. The van der Waals surface area contributed by atoms with Gasteiger partial charge in [0.15, 0.2) is 0 Å². The molecule has 0 aliphatic heterocycles. The van der Waals surface area contributed by atoms with Gasteiger partial charge in [-0.05, 0) is 59.5 Å². The van der Waals surface area contributed by atoms with Crippen LogP contribution in [-0.2, 0) is 19.8 Å². The van der Waals surface area contributed by atoms with Crippen LogP contribution in [0.4, 0.5) is 13.2 Å². The normalized spacial score (nSPS) is 12.3. The van der Waals surface area contributed by atoms with Crippen LogP contribution in [0, 0.1) is 0 Å². The van der Waals surface area contributed by atoms with Crippen molar-refractivity contribution >= 4 is 5.91 Å². The molecule has 0 spiro atoms. The molecule has 4 aromatic rings. The lowest BCUT2D eigenvalue weighted by Gasteiger charge is -2.16. The molecular weight excluding hydrogens is 481 g/mol. The zero-order chi connectivity index (χ0) is 26.7. The molecular formula is C28H25F3N4O2. The molecule has 4 rings (SSSR count). The maximum atomic E-state index is 13.2. The zero-order valence-electron chi connectivity index (χ0n) is 20.2. The molecule has 6 nitrogen and oxygen atoms in total. The third kappa shape index (κ3) is 5.78. The molecule has 0 radical (unpaired) electrons. The number of nitrogens with two attached hydrogens (primary N) is 1. The first-order chi connectivity index (χ1) is 17.6. The van der Waals surface area contributed by atoms with E-state index in [0.29, 0.717) is 27.9 Å². The number of halogens is 3. The number of carbonyl (C=O) groups excluding carboxylic acids is 1. The van der Waals surface area contributed by atoms with Crippen LogP contribution in [0.2, 0.25) is 0 Å². The monoisotopic (exact) mass is 506 g/mol. The molecule has 1 atom stereocenters. The van der Waals surface area contributed by atoms with Gasteiger partial charge in [0.1, 0.15) is 5.69 Å². The Labute approximate surface area is 211 Å². The van der Waals surface area contributed by atoms with Gasteiger partial charge in [0.25, 0.3) is 11.5 Å². The van der Waals surface area contributed by atoms with Crippen molar-refractivity contribution in [3.8, 4) is 22.4 Å². The minimum atomic E-state index is -4.46. The third-order valence-corrected chi connectivity index (χ3v) is 6.11. The fourth-order valence-corrected chi connectivity index (χ4v) is 3.93. The predicted molar refractivity (Wildman–Crippen MR) is 136 cm³/mol. The summed E-state index contributed by atoms with van der Waals surface area (Å²) in [6.45, 7) is 1.90. The van der Waals surface area contributed by atoms with Gasteiger partial charge in [-0.1, -0.05) is 36.4 Å². The topological polar surface area (TPSA) is 90.0 Å². The lowest BCUT2D eigenvalue weighted by Crippen LogP contribution is -2.27. The Morgan fingerprint density at radius 1 is 1.03 bits per heavy atom. The van der Waals surface area contributed by atoms with Crippen molar-refractivity contribution in [3.63, 3.8) is 0 Å². The largest absolute Gasteiger partial charge is 0.416 e. The van der Waals surface area contributed by atoms with Crippen molar-refractivity contribution in [2.45, 2.75) is 25.7 Å². The van der Waals surface area contributed by atoms with Crippen molar-refractivity contribution in [1.29, 1.82) is 0 Å². The van der Waals surface area contributed by atoms with Gasteiger partial charge in [-0.15, -0.1) is 0 Å². The van der Waals surface area contributed by atoms with Crippen LogP contribution in [-0.4, -0.2) is 15.5 Å². The van der Waals surface area contributed by atoms with Crippen LogP contribution in [0.15, 0.2) is 83.8 Å².